The molecule has 0 fully saturated rings. The first kappa shape index (κ1) is 12.7. The third kappa shape index (κ3) is 2.62. The number of hydrogen-bond donors (Lipinski definition) is 2. The van der Waals surface area contributed by atoms with Gasteiger partial charge in [0.25, 0.3) is 0 Å². The van der Waals surface area contributed by atoms with E-state index in [0.717, 1.165) is 6.07 Å². The van der Waals surface area contributed by atoms with E-state index in [0.29, 0.717) is 0 Å². The summed E-state index contributed by atoms with van der Waals surface area (Å²) in [5.41, 5.74) is 5.40. The molecule has 88 valence electrons. The molecule has 0 aliphatic rings. The van der Waals surface area contributed by atoms with Gasteiger partial charge >= 0.3 is 5.97 Å². The van der Waals surface area contributed by atoms with Gasteiger partial charge in [-0.3, -0.25) is 4.79 Å². The molecular formula is C10H11ClFNO3. The fourth-order valence-electron chi connectivity index (χ4n) is 1.27. The molecule has 0 unspecified atom stereocenters. The van der Waals surface area contributed by atoms with Crippen molar-refractivity contribution in [3.8, 4) is 5.75 Å². The van der Waals surface area contributed by atoms with E-state index >= 15 is 0 Å². The van der Waals surface area contributed by atoms with Gasteiger partial charge in [0.05, 0.1) is 18.6 Å². The molecular weight excluding hydrogens is 237 g/mol. The Hall–Kier alpha value is -1.33. The summed E-state index contributed by atoms with van der Waals surface area (Å²) in [6.07, 6.45) is -0.235. The van der Waals surface area contributed by atoms with Crippen LogP contribution in [0.4, 0.5) is 4.39 Å². The monoisotopic (exact) mass is 247 g/mol. The van der Waals surface area contributed by atoms with Crippen LogP contribution in [0.3, 0.4) is 0 Å². The predicted octanol–water partition coefficient (Wildman–Crippen LogP) is 1.75. The van der Waals surface area contributed by atoms with Crippen molar-refractivity contribution in [1.82, 2.24) is 0 Å². The minimum Gasteiger partial charge on any atom is -0.506 e. The van der Waals surface area contributed by atoms with E-state index in [-0.39, 0.29) is 17.0 Å². The summed E-state index contributed by atoms with van der Waals surface area (Å²) >= 11 is 5.61. The summed E-state index contributed by atoms with van der Waals surface area (Å²) in [4.78, 5) is 11.0. The van der Waals surface area contributed by atoms with Crippen molar-refractivity contribution in [3.63, 3.8) is 0 Å². The number of carbonyl (C=O) groups is 1. The predicted molar refractivity (Wildman–Crippen MR) is 56.6 cm³/mol. The summed E-state index contributed by atoms with van der Waals surface area (Å²) in [6, 6.07) is 1.29. The third-order valence-corrected chi connectivity index (χ3v) is 2.40. The van der Waals surface area contributed by atoms with Crippen molar-refractivity contribution >= 4 is 17.6 Å². The Bertz CT molecular complexity index is 411. The summed E-state index contributed by atoms with van der Waals surface area (Å²) in [5, 5.41) is 9.51. The number of phenolic OH excluding ortho intramolecular Hbond substituents is 1. The van der Waals surface area contributed by atoms with E-state index in [2.05, 4.69) is 4.74 Å². The molecule has 16 heavy (non-hydrogen) atoms. The van der Waals surface area contributed by atoms with E-state index in [1.807, 2.05) is 0 Å². The largest absolute Gasteiger partial charge is 0.506 e. The Morgan fingerprint density at radius 1 is 1.69 bits per heavy atom. The Labute approximate surface area is 96.8 Å². The van der Waals surface area contributed by atoms with Crippen molar-refractivity contribution < 1.29 is 19.0 Å². The molecule has 6 heteroatoms. The van der Waals surface area contributed by atoms with Crippen LogP contribution in [0.25, 0.3) is 0 Å². The quantitative estimate of drug-likeness (QED) is 0.798. The second-order valence-electron chi connectivity index (χ2n) is 3.18. The molecule has 1 aromatic carbocycles. The molecule has 0 amide bonds. The van der Waals surface area contributed by atoms with Crippen LogP contribution in [0, 0.1) is 5.82 Å². The molecule has 0 radical (unpaired) electrons. The van der Waals surface area contributed by atoms with Crippen molar-refractivity contribution in [2.24, 2.45) is 5.73 Å². The zero-order chi connectivity index (χ0) is 12.3. The Morgan fingerprint density at radius 2 is 2.31 bits per heavy atom. The van der Waals surface area contributed by atoms with Crippen LogP contribution in [0.2, 0.25) is 5.02 Å². The molecule has 0 saturated carbocycles. The maximum atomic E-state index is 13.4. The Balaban J connectivity index is 3.03. The van der Waals surface area contributed by atoms with Crippen LogP contribution in [0.1, 0.15) is 18.0 Å². The van der Waals surface area contributed by atoms with Crippen molar-refractivity contribution in [2.45, 2.75) is 12.5 Å². The minimum atomic E-state index is -0.994. The zero-order valence-electron chi connectivity index (χ0n) is 8.54. The lowest BCUT2D eigenvalue weighted by molar-refractivity contribution is -0.141. The van der Waals surface area contributed by atoms with Crippen LogP contribution < -0.4 is 5.73 Å². The average Bonchev–Trinajstić information content (AvgIpc) is 2.24. The Morgan fingerprint density at radius 3 is 2.88 bits per heavy atom. The van der Waals surface area contributed by atoms with Gasteiger partial charge in [-0.15, -0.1) is 0 Å². The van der Waals surface area contributed by atoms with Gasteiger partial charge in [0.15, 0.2) is 0 Å². The van der Waals surface area contributed by atoms with Gasteiger partial charge in [0, 0.05) is 11.6 Å². The van der Waals surface area contributed by atoms with Crippen molar-refractivity contribution in [2.75, 3.05) is 7.11 Å². The second-order valence-corrected chi connectivity index (χ2v) is 3.59. The molecule has 4 nitrogen and oxygen atoms in total. The molecule has 0 heterocycles. The minimum absolute atomic E-state index is 0.0169. The standard InChI is InChI=1S/C10H11ClFNO3/c1-16-8(14)4-7(13)9-6(12)3-2-5(11)10(9)15/h2-3,7,15H,4,13H2,1H3/t7-/m0/s1. The highest BCUT2D eigenvalue weighted by atomic mass is 35.5. The number of hydrogen-bond acceptors (Lipinski definition) is 4. The number of nitrogens with two attached hydrogens (primary N) is 1. The lowest BCUT2D eigenvalue weighted by Crippen LogP contribution is -2.17. The maximum absolute atomic E-state index is 13.4. The van der Waals surface area contributed by atoms with E-state index in [1.165, 1.54) is 13.2 Å². The number of carbonyl (C=O) groups excluding carboxylic acids is 1. The first-order valence-corrected chi connectivity index (χ1v) is 4.84. The highest BCUT2D eigenvalue weighted by Gasteiger charge is 2.21. The van der Waals surface area contributed by atoms with E-state index < -0.39 is 23.6 Å². The number of methoxy groups -OCH3 is 1. The van der Waals surface area contributed by atoms with Gasteiger partial charge < -0.3 is 15.6 Å². The molecule has 1 atom stereocenters. The summed E-state index contributed by atoms with van der Waals surface area (Å²) in [5.74, 6) is -1.75. The number of halogens is 2. The Kier molecular flexibility index (Phi) is 4.09. The van der Waals surface area contributed by atoms with Crippen LogP contribution in [-0.4, -0.2) is 18.2 Å². The smallest absolute Gasteiger partial charge is 0.307 e. The topological polar surface area (TPSA) is 72.5 Å². The molecule has 0 aromatic heterocycles. The van der Waals surface area contributed by atoms with E-state index in [4.69, 9.17) is 17.3 Å². The number of benzene rings is 1. The zero-order valence-corrected chi connectivity index (χ0v) is 9.29. The second kappa shape index (κ2) is 5.14. The molecule has 0 bridgehead atoms. The molecule has 0 spiro atoms. The van der Waals surface area contributed by atoms with Gasteiger partial charge in [0.1, 0.15) is 11.6 Å². The molecule has 0 aliphatic heterocycles. The lowest BCUT2D eigenvalue weighted by Gasteiger charge is -2.14. The highest BCUT2D eigenvalue weighted by Crippen LogP contribution is 2.34. The lowest BCUT2D eigenvalue weighted by atomic mass is 10.0. The van der Waals surface area contributed by atoms with Gasteiger partial charge in [-0.05, 0) is 12.1 Å². The third-order valence-electron chi connectivity index (χ3n) is 2.10. The molecule has 3 N–H and O–H groups in total. The first-order valence-electron chi connectivity index (χ1n) is 4.46. The van der Waals surface area contributed by atoms with Gasteiger partial charge in [0.2, 0.25) is 0 Å². The average molecular weight is 248 g/mol. The summed E-state index contributed by atoms with van der Waals surface area (Å²) < 4.78 is 17.8. The molecule has 0 saturated heterocycles. The normalized spacial score (nSPS) is 12.2. The molecule has 0 aliphatic carbocycles. The highest BCUT2D eigenvalue weighted by molar-refractivity contribution is 6.32. The van der Waals surface area contributed by atoms with Gasteiger partial charge in [-0.1, -0.05) is 11.6 Å². The van der Waals surface area contributed by atoms with Crippen LogP contribution >= 0.6 is 11.6 Å². The number of phenols is 1. The van der Waals surface area contributed by atoms with Crippen LogP contribution in [0.5, 0.6) is 5.75 Å². The summed E-state index contributed by atoms with van der Waals surface area (Å²) in [6.45, 7) is 0. The summed E-state index contributed by atoms with van der Waals surface area (Å²) in [7, 11) is 1.20. The number of aromatic hydroxyl groups is 1. The first-order chi connectivity index (χ1) is 7.47. The molecule has 1 aromatic rings. The van der Waals surface area contributed by atoms with Crippen molar-refractivity contribution in [3.05, 3.63) is 28.5 Å². The van der Waals surface area contributed by atoms with Crippen molar-refractivity contribution in [1.29, 1.82) is 0 Å². The maximum Gasteiger partial charge on any atom is 0.307 e. The van der Waals surface area contributed by atoms with E-state index in [9.17, 15) is 14.3 Å². The van der Waals surface area contributed by atoms with Gasteiger partial charge in [-0.25, -0.2) is 4.39 Å². The molecule has 1 rings (SSSR count). The van der Waals surface area contributed by atoms with Gasteiger partial charge in [-0.2, -0.15) is 0 Å². The van der Waals surface area contributed by atoms with E-state index in [1.54, 1.807) is 0 Å². The fraction of sp³-hybridized carbons (Fsp3) is 0.300. The number of esters is 1. The number of ether oxygens (including phenoxy) is 1. The van der Waals surface area contributed by atoms with Crippen LogP contribution in [0.15, 0.2) is 12.1 Å². The fourth-order valence-corrected chi connectivity index (χ4v) is 1.44. The SMILES string of the molecule is COC(=O)C[C@H](N)c1c(F)ccc(Cl)c1O. The van der Waals surface area contributed by atoms with Crippen LogP contribution in [-0.2, 0) is 9.53 Å². The number of rotatable bonds is 3.